The summed E-state index contributed by atoms with van der Waals surface area (Å²) < 4.78 is 31.7. The lowest BCUT2D eigenvalue weighted by atomic mass is 10.2. The van der Waals surface area contributed by atoms with Crippen molar-refractivity contribution in [2.45, 2.75) is 6.61 Å². The molecule has 0 bridgehead atoms. The highest BCUT2D eigenvalue weighted by Gasteiger charge is 2.22. The second kappa shape index (κ2) is 11.4. The topological polar surface area (TPSA) is 122 Å². The molecule has 6 rings (SSSR count). The summed E-state index contributed by atoms with van der Waals surface area (Å²) in [6.07, 6.45) is 1.25. The van der Waals surface area contributed by atoms with Crippen LogP contribution in [0.3, 0.4) is 0 Å². The van der Waals surface area contributed by atoms with Gasteiger partial charge in [0.15, 0.2) is 5.76 Å². The Kier molecular flexibility index (Phi) is 7.31. The average Bonchev–Trinajstić information content (AvgIpc) is 3.44. The van der Waals surface area contributed by atoms with Gasteiger partial charge in [-0.2, -0.15) is 9.78 Å². The Labute approximate surface area is 247 Å². The SMILES string of the molecule is COc1cccc2oc(-c3nc4ccccc4c(=O)n3N=Cc3cc(Cl)c(OCc4cccc(F)c4)c([N+](=O)[O-])c3)cc12. The van der Waals surface area contributed by atoms with Crippen molar-refractivity contribution in [3.05, 3.63) is 127 Å². The van der Waals surface area contributed by atoms with Crippen molar-refractivity contribution in [3.63, 3.8) is 0 Å². The third kappa shape index (κ3) is 5.41. The van der Waals surface area contributed by atoms with Crippen molar-refractivity contribution in [1.29, 1.82) is 0 Å². The number of benzene rings is 4. The maximum atomic E-state index is 13.6. The number of nitro benzene ring substituents is 1. The van der Waals surface area contributed by atoms with Crippen molar-refractivity contribution >= 4 is 45.4 Å². The number of halogens is 2. The van der Waals surface area contributed by atoms with E-state index in [0.717, 1.165) is 4.68 Å². The van der Waals surface area contributed by atoms with Gasteiger partial charge in [-0.05, 0) is 54.1 Å². The van der Waals surface area contributed by atoms with E-state index in [9.17, 15) is 19.3 Å². The molecule has 0 aliphatic carbocycles. The maximum absolute atomic E-state index is 13.6. The van der Waals surface area contributed by atoms with Gasteiger partial charge < -0.3 is 13.9 Å². The zero-order valence-corrected chi connectivity index (χ0v) is 23.1. The lowest BCUT2D eigenvalue weighted by Gasteiger charge is -2.10. The first-order valence-electron chi connectivity index (χ1n) is 12.8. The molecular weight excluding hydrogens is 579 g/mol. The van der Waals surface area contributed by atoms with Gasteiger partial charge in [-0.25, -0.2) is 9.37 Å². The number of ether oxygens (including phenoxy) is 2. The Balaban J connectivity index is 1.43. The summed E-state index contributed by atoms with van der Waals surface area (Å²) in [5.41, 5.74) is 0.712. The van der Waals surface area contributed by atoms with Gasteiger partial charge in [0.1, 0.15) is 23.8 Å². The molecule has 0 saturated heterocycles. The second-order valence-corrected chi connectivity index (χ2v) is 9.73. The van der Waals surface area contributed by atoms with E-state index in [2.05, 4.69) is 10.1 Å². The van der Waals surface area contributed by atoms with Crippen LogP contribution in [0.15, 0.2) is 99.2 Å². The molecule has 0 saturated carbocycles. The average molecular weight is 599 g/mol. The monoisotopic (exact) mass is 598 g/mol. The Morgan fingerprint density at radius 1 is 1.07 bits per heavy atom. The highest BCUT2D eigenvalue weighted by molar-refractivity contribution is 6.32. The first-order chi connectivity index (χ1) is 20.8. The zero-order chi connectivity index (χ0) is 30.1. The van der Waals surface area contributed by atoms with Crippen molar-refractivity contribution in [2.75, 3.05) is 7.11 Å². The van der Waals surface area contributed by atoms with Crippen LogP contribution in [0, 0.1) is 15.9 Å². The van der Waals surface area contributed by atoms with Crippen molar-refractivity contribution in [1.82, 2.24) is 9.66 Å². The first kappa shape index (κ1) is 27.6. The first-order valence-corrected chi connectivity index (χ1v) is 13.2. The summed E-state index contributed by atoms with van der Waals surface area (Å²) in [6, 6.07) is 22.1. The third-order valence-corrected chi connectivity index (χ3v) is 6.83. The van der Waals surface area contributed by atoms with E-state index in [1.807, 2.05) is 0 Å². The molecule has 6 aromatic rings. The van der Waals surface area contributed by atoms with Crippen LogP contribution in [0.1, 0.15) is 11.1 Å². The molecule has 0 spiro atoms. The number of furan rings is 1. The van der Waals surface area contributed by atoms with Gasteiger partial charge in [-0.1, -0.05) is 41.9 Å². The number of nitrogens with zero attached hydrogens (tertiary/aromatic N) is 4. The molecule has 4 aromatic carbocycles. The van der Waals surface area contributed by atoms with E-state index in [0.29, 0.717) is 33.2 Å². The van der Waals surface area contributed by atoms with E-state index >= 15 is 0 Å². The lowest BCUT2D eigenvalue weighted by Crippen LogP contribution is -2.20. The highest BCUT2D eigenvalue weighted by atomic mass is 35.5. The minimum absolute atomic E-state index is 0.0689. The molecule has 2 heterocycles. The number of para-hydroxylation sites is 1. The van der Waals surface area contributed by atoms with Crippen LogP contribution >= 0.6 is 11.6 Å². The minimum atomic E-state index is -0.652. The number of nitro groups is 1. The molecule has 0 N–H and O–H groups in total. The highest BCUT2D eigenvalue weighted by Crippen LogP contribution is 2.37. The molecule has 12 heteroatoms. The number of methoxy groups -OCH3 is 1. The van der Waals surface area contributed by atoms with Crippen LogP contribution in [0.5, 0.6) is 11.5 Å². The number of rotatable bonds is 8. The number of hydrogen-bond donors (Lipinski definition) is 0. The van der Waals surface area contributed by atoms with E-state index in [-0.39, 0.29) is 34.5 Å². The summed E-state index contributed by atoms with van der Waals surface area (Å²) in [4.78, 5) is 29.5. The number of fused-ring (bicyclic) bond motifs is 2. The van der Waals surface area contributed by atoms with E-state index in [4.69, 9.17) is 25.5 Å². The quantitative estimate of drug-likeness (QED) is 0.105. The molecule has 214 valence electrons. The van der Waals surface area contributed by atoms with Crippen LogP contribution in [0.25, 0.3) is 33.5 Å². The van der Waals surface area contributed by atoms with Crippen molar-refractivity contribution < 1.29 is 23.2 Å². The van der Waals surface area contributed by atoms with E-state index in [1.165, 1.54) is 43.7 Å². The third-order valence-electron chi connectivity index (χ3n) is 6.55. The number of aromatic nitrogens is 2. The van der Waals surface area contributed by atoms with Gasteiger partial charge in [0.25, 0.3) is 5.56 Å². The summed E-state index contributed by atoms with van der Waals surface area (Å²) in [5, 5.41) is 17.2. The minimum Gasteiger partial charge on any atom is -0.496 e. The van der Waals surface area contributed by atoms with Crippen molar-refractivity contribution in [2.24, 2.45) is 5.10 Å². The van der Waals surface area contributed by atoms with E-state index < -0.39 is 22.0 Å². The summed E-state index contributed by atoms with van der Waals surface area (Å²) >= 11 is 6.40. The van der Waals surface area contributed by atoms with Gasteiger partial charge in [0.2, 0.25) is 11.6 Å². The van der Waals surface area contributed by atoms with E-state index in [1.54, 1.807) is 54.6 Å². The summed E-state index contributed by atoms with van der Waals surface area (Å²) in [6.45, 7) is -0.143. The predicted molar refractivity (Wildman–Crippen MR) is 160 cm³/mol. The predicted octanol–water partition coefficient (Wildman–Crippen LogP) is 6.98. The second-order valence-electron chi connectivity index (χ2n) is 9.32. The molecule has 0 radical (unpaired) electrons. The normalized spacial score (nSPS) is 11.4. The maximum Gasteiger partial charge on any atom is 0.313 e. The molecule has 0 aliphatic rings. The fraction of sp³-hybridized carbons (Fsp3) is 0.0645. The van der Waals surface area contributed by atoms with Crippen LogP contribution in [-0.4, -0.2) is 27.9 Å². The van der Waals surface area contributed by atoms with Gasteiger partial charge in [0.05, 0.1) is 39.6 Å². The van der Waals surface area contributed by atoms with Gasteiger partial charge in [-0.3, -0.25) is 14.9 Å². The fourth-order valence-electron chi connectivity index (χ4n) is 4.57. The Morgan fingerprint density at radius 2 is 1.88 bits per heavy atom. The van der Waals surface area contributed by atoms with Crippen LogP contribution < -0.4 is 15.0 Å². The standard InChI is InChI=1S/C31H20ClFN4O6/c1-41-26-10-5-11-27-22(26)15-28(43-27)30-35-24-9-3-2-8-21(24)31(38)36(30)34-16-19-13-23(32)29(25(14-19)37(39)40)42-17-18-6-4-7-20(33)12-18/h2-16H,17H2,1H3. The van der Waals surface area contributed by atoms with Gasteiger partial charge in [0, 0.05) is 11.6 Å². The largest absolute Gasteiger partial charge is 0.496 e. The Hall–Kier alpha value is -5.55. The molecule has 0 unspecified atom stereocenters. The summed E-state index contributed by atoms with van der Waals surface area (Å²) in [5.74, 6) is 0.285. The molecule has 0 amide bonds. The molecule has 0 fully saturated rings. The molecule has 10 nitrogen and oxygen atoms in total. The molecule has 0 aliphatic heterocycles. The molecule has 0 atom stereocenters. The van der Waals surface area contributed by atoms with Crippen molar-refractivity contribution in [3.8, 4) is 23.1 Å². The van der Waals surface area contributed by atoms with Gasteiger partial charge >= 0.3 is 5.69 Å². The lowest BCUT2D eigenvalue weighted by molar-refractivity contribution is -0.385. The van der Waals surface area contributed by atoms with Gasteiger partial charge in [-0.15, -0.1) is 0 Å². The Morgan fingerprint density at radius 3 is 2.67 bits per heavy atom. The fourth-order valence-corrected chi connectivity index (χ4v) is 4.85. The van der Waals surface area contributed by atoms with Crippen LogP contribution in [-0.2, 0) is 6.61 Å². The molecule has 2 aromatic heterocycles. The molecule has 43 heavy (non-hydrogen) atoms. The van der Waals surface area contributed by atoms with Crippen LogP contribution in [0.4, 0.5) is 10.1 Å². The molecular formula is C31H20ClFN4O6. The van der Waals surface area contributed by atoms with Crippen LogP contribution in [0.2, 0.25) is 5.02 Å². The Bertz CT molecular complexity index is 2120. The zero-order valence-electron chi connectivity index (χ0n) is 22.4. The number of hydrogen-bond acceptors (Lipinski definition) is 8. The summed E-state index contributed by atoms with van der Waals surface area (Å²) in [7, 11) is 1.54. The smallest absolute Gasteiger partial charge is 0.313 e.